The first kappa shape index (κ1) is 17.6. The van der Waals surface area contributed by atoms with Gasteiger partial charge in [-0.1, -0.05) is 6.07 Å². The van der Waals surface area contributed by atoms with Crippen molar-refractivity contribution in [3.63, 3.8) is 0 Å². The van der Waals surface area contributed by atoms with Gasteiger partial charge in [0.05, 0.1) is 19.8 Å². The molecule has 0 aliphatic heterocycles. The van der Waals surface area contributed by atoms with Gasteiger partial charge in [0.15, 0.2) is 0 Å². The number of hydrogen-bond acceptors (Lipinski definition) is 5. The second kappa shape index (κ2) is 7.20. The molecule has 24 heavy (non-hydrogen) atoms. The maximum atomic E-state index is 12.5. The molecule has 1 N–H and O–H groups in total. The largest absolute Gasteiger partial charge is 0.496 e. The summed E-state index contributed by atoms with van der Waals surface area (Å²) in [5.41, 5.74) is 0.169. The first-order chi connectivity index (χ1) is 11.3. The Kier molecular flexibility index (Phi) is 5.28. The molecule has 0 saturated heterocycles. The number of anilines is 1. The lowest BCUT2D eigenvalue weighted by Crippen LogP contribution is -2.08. The Morgan fingerprint density at radius 2 is 1.96 bits per heavy atom. The molecular formula is C16H15F3N2O3. The van der Waals surface area contributed by atoms with Crippen molar-refractivity contribution in [3.05, 3.63) is 53.2 Å². The lowest BCUT2D eigenvalue weighted by atomic mass is 10.1. The maximum absolute atomic E-state index is 12.5. The zero-order valence-corrected chi connectivity index (χ0v) is 13.0. The number of hydrogen-bond donors (Lipinski definition) is 1. The molecule has 0 radical (unpaired) electrons. The summed E-state index contributed by atoms with van der Waals surface area (Å²) in [5.74, 6) is 0.123. The van der Waals surface area contributed by atoms with Gasteiger partial charge in [-0.05, 0) is 29.8 Å². The second-order valence-electron chi connectivity index (χ2n) is 4.81. The number of nitrogens with one attached hydrogen (secondary N) is 1. The van der Waals surface area contributed by atoms with E-state index in [2.05, 4.69) is 15.0 Å². The Morgan fingerprint density at radius 3 is 2.50 bits per heavy atom. The van der Waals surface area contributed by atoms with E-state index in [1.165, 1.54) is 20.3 Å². The number of carbonyl (C=O) groups excluding carboxylic acids is 1. The molecule has 0 fully saturated rings. The zero-order valence-electron chi connectivity index (χ0n) is 13.0. The van der Waals surface area contributed by atoms with E-state index in [1.54, 1.807) is 18.2 Å². The predicted molar refractivity (Wildman–Crippen MR) is 80.9 cm³/mol. The fourth-order valence-corrected chi connectivity index (χ4v) is 1.99. The summed E-state index contributed by atoms with van der Waals surface area (Å²) in [7, 11) is 2.70. The van der Waals surface area contributed by atoms with Gasteiger partial charge in [0.25, 0.3) is 0 Å². The highest BCUT2D eigenvalue weighted by Gasteiger charge is 2.30. The summed E-state index contributed by atoms with van der Waals surface area (Å²) >= 11 is 0. The zero-order chi connectivity index (χ0) is 17.7. The molecule has 0 aliphatic carbocycles. The van der Waals surface area contributed by atoms with E-state index in [-0.39, 0.29) is 12.1 Å². The average molecular weight is 340 g/mol. The summed E-state index contributed by atoms with van der Waals surface area (Å²) < 4.78 is 47.2. The van der Waals surface area contributed by atoms with Gasteiger partial charge in [-0.3, -0.25) is 0 Å². The minimum atomic E-state index is -4.42. The Balaban J connectivity index is 2.10. The number of nitrogens with zero attached hydrogens (tertiary/aromatic N) is 1. The van der Waals surface area contributed by atoms with Crippen LogP contribution in [0.1, 0.15) is 21.5 Å². The number of aromatic nitrogens is 1. The third kappa shape index (κ3) is 4.15. The van der Waals surface area contributed by atoms with Gasteiger partial charge >= 0.3 is 12.1 Å². The molecule has 0 spiro atoms. The van der Waals surface area contributed by atoms with Crippen LogP contribution in [0.25, 0.3) is 0 Å². The lowest BCUT2D eigenvalue weighted by molar-refractivity contribution is -0.137. The highest BCUT2D eigenvalue weighted by atomic mass is 19.4. The summed E-state index contributed by atoms with van der Waals surface area (Å²) in [5, 5.41) is 2.89. The van der Waals surface area contributed by atoms with E-state index < -0.39 is 17.7 Å². The maximum Gasteiger partial charge on any atom is 0.417 e. The van der Waals surface area contributed by atoms with Crippen LogP contribution in [-0.4, -0.2) is 25.2 Å². The van der Waals surface area contributed by atoms with Crippen molar-refractivity contribution in [1.29, 1.82) is 0 Å². The SMILES string of the molecule is COC(=O)c1cc(CNc2ccc(C(F)(F)F)cn2)ccc1OC. The summed E-state index contributed by atoms with van der Waals surface area (Å²) in [6.07, 6.45) is -3.66. The molecule has 0 atom stereocenters. The van der Waals surface area contributed by atoms with Crippen LogP contribution in [0.2, 0.25) is 0 Å². The van der Waals surface area contributed by atoms with E-state index in [9.17, 15) is 18.0 Å². The predicted octanol–water partition coefficient (Wildman–Crippen LogP) is 3.51. The first-order valence-electron chi connectivity index (χ1n) is 6.87. The number of rotatable bonds is 5. The van der Waals surface area contributed by atoms with Crippen LogP contribution in [0.4, 0.5) is 19.0 Å². The fraction of sp³-hybridized carbons (Fsp3) is 0.250. The van der Waals surface area contributed by atoms with E-state index >= 15 is 0 Å². The Bertz CT molecular complexity index is 715. The molecule has 0 unspecified atom stereocenters. The molecule has 1 heterocycles. The first-order valence-corrected chi connectivity index (χ1v) is 6.87. The smallest absolute Gasteiger partial charge is 0.417 e. The Morgan fingerprint density at radius 1 is 1.21 bits per heavy atom. The molecule has 0 aliphatic rings. The van der Waals surface area contributed by atoms with Crippen LogP contribution in [0.3, 0.4) is 0 Å². The van der Waals surface area contributed by atoms with Crippen molar-refractivity contribution in [2.45, 2.75) is 12.7 Å². The quantitative estimate of drug-likeness (QED) is 0.844. The van der Waals surface area contributed by atoms with Crippen molar-refractivity contribution < 1.29 is 27.4 Å². The molecule has 2 aromatic rings. The second-order valence-corrected chi connectivity index (χ2v) is 4.81. The molecule has 1 aromatic heterocycles. The van der Waals surface area contributed by atoms with E-state index in [1.807, 2.05) is 0 Å². The van der Waals surface area contributed by atoms with Gasteiger partial charge in [0, 0.05) is 12.7 Å². The lowest BCUT2D eigenvalue weighted by Gasteiger charge is -2.11. The number of esters is 1. The third-order valence-electron chi connectivity index (χ3n) is 3.23. The van der Waals surface area contributed by atoms with Crippen LogP contribution in [-0.2, 0) is 17.5 Å². The van der Waals surface area contributed by atoms with E-state index in [0.29, 0.717) is 11.6 Å². The summed E-state index contributed by atoms with van der Waals surface area (Å²) in [6, 6.07) is 7.12. The van der Waals surface area contributed by atoms with Crippen LogP contribution in [0, 0.1) is 0 Å². The standard InChI is InChI=1S/C16H15F3N2O3/c1-23-13-5-3-10(7-12(13)15(22)24-2)8-20-14-6-4-11(9-21-14)16(17,18)19/h3-7,9H,8H2,1-2H3,(H,20,21). The van der Waals surface area contributed by atoms with Gasteiger partial charge in [-0.25, -0.2) is 9.78 Å². The highest BCUT2D eigenvalue weighted by molar-refractivity contribution is 5.92. The summed E-state index contributed by atoms with van der Waals surface area (Å²) in [4.78, 5) is 15.4. The topological polar surface area (TPSA) is 60.5 Å². The van der Waals surface area contributed by atoms with Crippen molar-refractivity contribution in [2.75, 3.05) is 19.5 Å². The molecule has 128 valence electrons. The Hall–Kier alpha value is -2.77. The normalized spacial score (nSPS) is 11.0. The number of halogens is 3. The van der Waals surface area contributed by atoms with Crippen molar-refractivity contribution in [3.8, 4) is 5.75 Å². The van der Waals surface area contributed by atoms with Crippen LogP contribution < -0.4 is 10.1 Å². The van der Waals surface area contributed by atoms with Crippen LogP contribution >= 0.6 is 0 Å². The molecule has 0 saturated carbocycles. The van der Waals surface area contributed by atoms with Gasteiger partial charge in [0.2, 0.25) is 0 Å². The monoisotopic (exact) mass is 340 g/mol. The van der Waals surface area contributed by atoms with Crippen molar-refractivity contribution >= 4 is 11.8 Å². The number of pyridine rings is 1. The molecular weight excluding hydrogens is 325 g/mol. The minimum absolute atomic E-state index is 0.264. The van der Waals surface area contributed by atoms with Crippen molar-refractivity contribution in [2.24, 2.45) is 0 Å². The molecule has 8 heteroatoms. The number of ether oxygens (including phenoxy) is 2. The minimum Gasteiger partial charge on any atom is -0.496 e. The van der Waals surface area contributed by atoms with E-state index in [4.69, 9.17) is 4.74 Å². The van der Waals surface area contributed by atoms with Gasteiger partial charge in [0.1, 0.15) is 17.1 Å². The van der Waals surface area contributed by atoms with Gasteiger partial charge in [-0.2, -0.15) is 13.2 Å². The molecule has 0 bridgehead atoms. The highest BCUT2D eigenvalue weighted by Crippen LogP contribution is 2.29. The average Bonchev–Trinajstić information content (AvgIpc) is 2.58. The molecule has 5 nitrogen and oxygen atoms in total. The van der Waals surface area contributed by atoms with Gasteiger partial charge in [-0.15, -0.1) is 0 Å². The van der Waals surface area contributed by atoms with E-state index in [0.717, 1.165) is 17.8 Å². The number of carbonyl (C=O) groups is 1. The van der Waals surface area contributed by atoms with Crippen molar-refractivity contribution in [1.82, 2.24) is 4.98 Å². The number of alkyl halides is 3. The van der Waals surface area contributed by atoms with Crippen LogP contribution in [0.5, 0.6) is 5.75 Å². The number of benzene rings is 1. The Labute approximate surface area is 136 Å². The molecule has 1 aromatic carbocycles. The fourth-order valence-electron chi connectivity index (χ4n) is 1.99. The van der Waals surface area contributed by atoms with Gasteiger partial charge < -0.3 is 14.8 Å². The molecule has 0 amide bonds. The van der Waals surface area contributed by atoms with Crippen LogP contribution in [0.15, 0.2) is 36.5 Å². The number of methoxy groups -OCH3 is 2. The third-order valence-corrected chi connectivity index (χ3v) is 3.23. The summed E-state index contributed by atoms with van der Waals surface area (Å²) in [6.45, 7) is 0.270. The molecule has 2 rings (SSSR count).